The van der Waals surface area contributed by atoms with Crippen molar-refractivity contribution in [3.05, 3.63) is 104 Å². The maximum absolute atomic E-state index is 12.5. The second-order valence-corrected chi connectivity index (χ2v) is 10.8. The molecule has 3 aromatic carbocycles. The van der Waals surface area contributed by atoms with E-state index < -0.39 is 5.97 Å². The Hall–Kier alpha value is -3.09. The monoisotopic (exact) mass is 579 g/mol. The first-order chi connectivity index (χ1) is 18.8. The van der Waals surface area contributed by atoms with Crippen molar-refractivity contribution in [2.24, 2.45) is 0 Å². The number of fused-ring (bicyclic) bond motifs is 3. The molecule has 1 N–H and O–H groups in total. The zero-order valence-corrected chi connectivity index (χ0v) is 23.9. The van der Waals surface area contributed by atoms with Crippen LogP contribution < -0.4 is 5.32 Å². The Kier molecular flexibility index (Phi) is 8.43. The molecular formula is C31H28Cl3N3O2. The zero-order chi connectivity index (χ0) is 27.5. The minimum Gasteiger partial charge on any atom is -0.461 e. The Bertz CT molecular complexity index is 1570. The van der Waals surface area contributed by atoms with Gasteiger partial charge in [0.1, 0.15) is 0 Å². The van der Waals surface area contributed by atoms with E-state index in [2.05, 4.69) is 70.8 Å². The summed E-state index contributed by atoms with van der Waals surface area (Å²) in [5.41, 5.74) is 6.32. The number of halogens is 3. The molecule has 5 rings (SSSR count). The summed E-state index contributed by atoms with van der Waals surface area (Å²) in [5.74, 6) is -0.336. The normalized spacial score (nSPS) is 14.2. The Morgan fingerprint density at radius 2 is 1.74 bits per heavy atom. The number of carbonyl (C=O) groups excluding carboxylic acids is 1. The lowest BCUT2D eigenvalue weighted by Crippen LogP contribution is -2.30. The van der Waals surface area contributed by atoms with Crippen LogP contribution in [0.3, 0.4) is 0 Å². The molecule has 0 fully saturated rings. The second-order valence-electron chi connectivity index (χ2n) is 9.53. The Morgan fingerprint density at radius 3 is 2.54 bits per heavy atom. The molecular weight excluding hydrogens is 553 g/mol. The summed E-state index contributed by atoms with van der Waals surface area (Å²) in [7, 11) is 2.11. The molecule has 0 amide bonds. The topological polar surface area (TPSA) is 54.5 Å². The van der Waals surface area contributed by atoms with Gasteiger partial charge in [0.15, 0.2) is 5.69 Å². The van der Waals surface area contributed by atoms with Gasteiger partial charge in [-0.05, 0) is 66.6 Å². The first kappa shape index (κ1) is 27.5. The average Bonchev–Trinajstić information content (AvgIpc) is 3.05. The molecule has 5 nitrogen and oxygen atoms in total. The highest BCUT2D eigenvalue weighted by molar-refractivity contribution is 6.39. The van der Waals surface area contributed by atoms with Crippen LogP contribution in [-0.4, -0.2) is 49.1 Å². The number of likely N-dealkylation sites (N-methyl/N-ethyl adjacent to an activating group) is 1. The Labute approximate surface area is 243 Å². The number of nitrogens with one attached hydrogen (secondary N) is 1. The molecule has 200 valence electrons. The quantitative estimate of drug-likeness (QED) is 0.214. The molecule has 0 saturated carbocycles. The first-order valence-corrected chi connectivity index (χ1v) is 13.9. The van der Waals surface area contributed by atoms with Gasteiger partial charge in [-0.25, -0.2) is 9.78 Å². The van der Waals surface area contributed by atoms with Crippen molar-refractivity contribution in [2.45, 2.75) is 12.8 Å². The molecule has 0 bridgehead atoms. The summed E-state index contributed by atoms with van der Waals surface area (Å²) >= 11 is 19.2. The van der Waals surface area contributed by atoms with E-state index >= 15 is 0 Å². The number of aromatic nitrogens is 1. The molecule has 8 heteroatoms. The molecule has 4 aromatic rings. The number of rotatable bonds is 8. The van der Waals surface area contributed by atoms with Gasteiger partial charge >= 0.3 is 5.97 Å². The first-order valence-electron chi connectivity index (χ1n) is 12.8. The van der Waals surface area contributed by atoms with Gasteiger partial charge in [-0.15, -0.1) is 0 Å². The van der Waals surface area contributed by atoms with Crippen molar-refractivity contribution in [1.29, 1.82) is 0 Å². The van der Waals surface area contributed by atoms with E-state index in [0.29, 0.717) is 33.2 Å². The van der Waals surface area contributed by atoms with E-state index in [9.17, 15) is 4.79 Å². The summed E-state index contributed by atoms with van der Waals surface area (Å²) in [4.78, 5) is 19.2. The van der Waals surface area contributed by atoms with Crippen molar-refractivity contribution in [1.82, 2.24) is 9.88 Å². The van der Waals surface area contributed by atoms with Crippen LogP contribution in [0.15, 0.2) is 60.7 Å². The fraction of sp³-hybridized carbons (Fsp3) is 0.226. The number of nitrogens with zero attached hydrogens (tertiary/aromatic N) is 2. The number of esters is 1. The molecule has 39 heavy (non-hydrogen) atoms. The van der Waals surface area contributed by atoms with Crippen molar-refractivity contribution in [3.8, 4) is 0 Å². The number of hydrogen-bond acceptors (Lipinski definition) is 5. The van der Waals surface area contributed by atoms with E-state index in [1.165, 1.54) is 22.3 Å². The summed E-state index contributed by atoms with van der Waals surface area (Å²) in [6, 6.07) is 19.7. The molecule has 0 spiro atoms. The largest absolute Gasteiger partial charge is 0.461 e. The van der Waals surface area contributed by atoms with Crippen molar-refractivity contribution >= 4 is 69.5 Å². The molecule has 1 heterocycles. The van der Waals surface area contributed by atoms with Crippen molar-refractivity contribution in [3.63, 3.8) is 0 Å². The molecule has 0 aliphatic heterocycles. The third-order valence-corrected chi connectivity index (χ3v) is 7.60. The third kappa shape index (κ3) is 6.07. The van der Waals surface area contributed by atoms with Gasteiger partial charge < -0.3 is 15.0 Å². The lowest BCUT2D eigenvalue weighted by molar-refractivity contribution is 0.0520. The fourth-order valence-corrected chi connectivity index (χ4v) is 5.81. The van der Waals surface area contributed by atoms with Crippen molar-refractivity contribution < 1.29 is 9.53 Å². The lowest BCUT2D eigenvalue weighted by atomic mass is 9.87. The minimum absolute atomic E-state index is 0.156. The molecule has 0 saturated heterocycles. The fourth-order valence-electron chi connectivity index (χ4n) is 5.04. The molecule has 1 atom stereocenters. The highest BCUT2D eigenvalue weighted by Crippen LogP contribution is 2.37. The molecule has 0 unspecified atom stereocenters. The summed E-state index contributed by atoms with van der Waals surface area (Å²) in [6.45, 7) is 4.18. The van der Waals surface area contributed by atoms with Crippen LogP contribution >= 0.6 is 34.8 Å². The van der Waals surface area contributed by atoms with Gasteiger partial charge in [0.05, 0.1) is 17.1 Å². The SMILES string of the molecule is CCOC(=O)c1cc(NCCN(C)C[C@@H]2c3ccccc3C=Cc3ccc(Cl)cc32)c2c(Cl)cc(Cl)cc2n1. The zero-order valence-electron chi connectivity index (χ0n) is 21.7. The maximum atomic E-state index is 12.5. The number of carbonyl (C=O) groups is 1. The van der Waals surface area contributed by atoms with Gasteiger partial charge in [0, 0.05) is 46.7 Å². The van der Waals surface area contributed by atoms with Crippen molar-refractivity contribution in [2.75, 3.05) is 38.6 Å². The predicted molar refractivity (Wildman–Crippen MR) is 162 cm³/mol. The standard InChI is InChI=1S/C31H28Cl3N3O2/c1-3-39-31(38)29-17-27(30-26(34)15-22(33)16-28(30)36-29)35-12-13-37(2)18-25-23-7-5-4-6-19(23)8-9-20-10-11-21(32)14-24(20)25/h4-11,14-17,25H,3,12-13,18H2,1-2H3,(H,35,36)/t25-/m1/s1. The maximum Gasteiger partial charge on any atom is 0.357 e. The number of anilines is 1. The van der Waals surface area contributed by atoms with Crippen LogP contribution in [-0.2, 0) is 4.74 Å². The molecule has 1 aliphatic rings. The van der Waals surface area contributed by atoms with Gasteiger partial charge in [0.25, 0.3) is 0 Å². The molecule has 1 aromatic heterocycles. The lowest BCUT2D eigenvalue weighted by Gasteiger charge is -2.27. The molecule has 1 aliphatic carbocycles. The van der Waals surface area contributed by atoms with Crippen LogP contribution in [0.5, 0.6) is 0 Å². The van der Waals surface area contributed by atoms with E-state index in [4.69, 9.17) is 39.5 Å². The van der Waals surface area contributed by atoms with Gasteiger partial charge in [-0.3, -0.25) is 0 Å². The summed E-state index contributed by atoms with van der Waals surface area (Å²) in [5, 5.41) is 5.82. The van der Waals surface area contributed by atoms with Crippen LogP contribution in [0, 0.1) is 0 Å². The van der Waals surface area contributed by atoms with Crippen LogP contribution in [0.2, 0.25) is 15.1 Å². The number of hydrogen-bond donors (Lipinski definition) is 1. The predicted octanol–water partition coefficient (Wildman–Crippen LogP) is 8.03. The highest BCUT2D eigenvalue weighted by atomic mass is 35.5. The Balaban J connectivity index is 1.37. The minimum atomic E-state index is -0.492. The van der Waals surface area contributed by atoms with Crippen LogP contribution in [0.4, 0.5) is 5.69 Å². The van der Waals surface area contributed by atoms with Crippen LogP contribution in [0.25, 0.3) is 23.1 Å². The summed E-state index contributed by atoms with van der Waals surface area (Å²) < 4.78 is 5.18. The average molecular weight is 581 g/mol. The summed E-state index contributed by atoms with van der Waals surface area (Å²) in [6.07, 6.45) is 4.34. The second kappa shape index (κ2) is 12.0. The number of ether oxygens (including phenoxy) is 1. The smallest absolute Gasteiger partial charge is 0.357 e. The Morgan fingerprint density at radius 1 is 0.974 bits per heavy atom. The number of benzene rings is 3. The van der Waals surface area contributed by atoms with E-state index in [-0.39, 0.29) is 18.2 Å². The third-order valence-electron chi connectivity index (χ3n) is 6.85. The van der Waals surface area contributed by atoms with Crippen LogP contribution in [0.1, 0.15) is 45.6 Å². The van der Waals surface area contributed by atoms with Gasteiger partial charge in [0.2, 0.25) is 0 Å². The molecule has 0 radical (unpaired) electrons. The van der Waals surface area contributed by atoms with E-state index in [1.54, 1.807) is 25.1 Å². The highest BCUT2D eigenvalue weighted by Gasteiger charge is 2.23. The number of pyridine rings is 1. The van der Waals surface area contributed by atoms with Gasteiger partial charge in [-0.2, -0.15) is 0 Å². The van der Waals surface area contributed by atoms with Gasteiger partial charge in [-0.1, -0.05) is 77.3 Å². The van der Waals surface area contributed by atoms with E-state index in [0.717, 1.165) is 18.1 Å². The van der Waals surface area contributed by atoms with E-state index in [1.807, 2.05) is 6.07 Å².